The highest BCUT2D eigenvalue weighted by Gasteiger charge is 2.14. The third kappa shape index (κ3) is 3.36. The van der Waals surface area contributed by atoms with Crippen molar-refractivity contribution in [2.45, 2.75) is 13.0 Å². The Hall–Kier alpha value is -1.88. The first-order valence-electron chi connectivity index (χ1n) is 6.17. The van der Waals surface area contributed by atoms with Crippen LogP contribution in [0.15, 0.2) is 47.2 Å². The summed E-state index contributed by atoms with van der Waals surface area (Å²) in [5, 5.41) is 2.94. The van der Waals surface area contributed by atoms with Crippen molar-refractivity contribution in [1.82, 2.24) is 10.3 Å². The van der Waals surface area contributed by atoms with Crippen molar-refractivity contribution < 1.29 is 9.53 Å². The van der Waals surface area contributed by atoms with Gasteiger partial charge < -0.3 is 10.1 Å². The highest BCUT2D eigenvalue weighted by Crippen LogP contribution is 2.19. The minimum atomic E-state index is -0.159. The molecule has 0 saturated heterocycles. The van der Waals surface area contributed by atoms with Gasteiger partial charge in [0.25, 0.3) is 5.91 Å². The van der Waals surface area contributed by atoms with Crippen LogP contribution in [-0.2, 0) is 0 Å². The number of amides is 1. The second kappa shape index (κ2) is 6.52. The van der Waals surface area contributed by atoms with Gasteiger partial charge in [-0.15, -0.1) is 0 Å². The summed E-state index contributed by atoms with van der Waals surface area (Å²) in [7, 11) is 1.63. The number of benzene rings is 1. The molecule has 1 aromatic heterocycles. The molecule has 1 N–H and O–H groups in total. The number of hydrogen-bond donors (Lipinski definition) is 1. The average Bonchev–Trinajstić information content (AvgIpc) is 2.47. The topological polar surface area (TPSA) is 51.2 Å². The molecule has 4 nitrogen and oxygen atoms in total. The Labute approximate surface area is 126 Å². The standard InChI is InChI=1S/C15H15BrN2O2/c1-10(11-5-7-12(20-2)8-6-11)18-15(19)13-4-3-9-17-14(13)16/h3-10H,1-2H3,(H,18,19). The number of aromatic nitrogens is 1. The molecular weight excluding hydrogens is 320 g/mol. The molecular formula is C15H15BrN2O2. The van der Waals surface area contributed by atoms with Crippen molar-refractivity contribution in [2.75, 3.05) is 7.11 Å². The van der Waals surface area contributed by atoms with Gasteiger partial charge in [0.2, 0.25) is 0 Å². The Bertz CT molecular complexity index is 599. The maximum Gasteiger partial charge on any atom is 0.254 e. The zero-order chi connectivity index (χ0) is 14.5. The second-order valence-corrected chi connectivity index (χ2v) is 5.06. The fraction of sp³-hybridized carbons (Fsp3) is 0.200. The van der Waals surface area contributed by atoms with Gasteiger partial charge in [-0.2, -0.15) is 0 Å². The quantitative estimate of drug-likeness (QED) is 0.872. The number of carbonyl (C=O) groups is 1. The van der Waals surface area contributed by atoms with Crippen molar-refractivity contribution >= 4 is 21.8 Å². The molecule has 0 bridgehead atoms. The van der Waals surface area contributed by atoms with E-state index in [1.807, 2.05) is 31.2 Å². The van der Waals surface area contributed by atoms with Crippen molar-refractivity contribution in [3.63, 3.8) is 0 Å². The van der Waals surface area contributed by atoms with Crippen LogP contribution in [0.5, 0.6) is 5.75 Å². The van der Waals surface area contributed by atoms with E-state index in [-0.39, 0.29) is 11.9 Å². The maximum atomic E-state index is 12.2. The van der Waals surface area contributed by atoms with Crippen molar-refractivity contribution in [3.05, 3.63) is 58.3 Å². The molecule has 0 aliphatic rings. The van der Waals surface area contributed by atoms with E-state index in [1.54, 1.807) is 25.4 Å². The van der Waals surface area contributed by atoms with E-state index in [4.69, 9.17) is 4.74 Å². The third-order valence-electron chi connectivity index (χ3n) is 2.97. The number of nitrogens with one attached hydrogen (secondary N) is 1. The fourth-order valence-electron chi connectivity index (χ4n) is 1.81. The van der Waals surface area contributed by atoms with Gasteiger partial charge in [0, 0.05) is 6.20 Å². The number of halogens is 1. The summed E-state index contributed by atoms with van der Waals surface area (Å²) in [5.41, 5.74) is 1.53. The number of hydrogen-bond acceptors (Lipinski definition) is 3. The summed E-state index contributed by atoms with van der Waals surface area (Å²) in [6.45, 7) is 1.93. The van der Waals surface area contributed by atoms with Gasteiger partial charge in [0.05, 0.1) is 18.7 Å². The molecule has 0 aliphatic carbocycles. The van der Waals surface area contributed by atoms with Crippen LogP contribution < -0.4 is 10.1 Å². The van der Waals surface area contributed by atoms with Crippen LogP contribution in [-0.4, -0.2) is 18.0 Å². The summed E-state index contributed by atoms with van der Waals surface area (Å²) in [6, 6.07) is 11.0. The van der Waals surface area contributed by atoms with Gasteiger partial charge in [0.15, 0.2) is 0 Å². The van der Waals surface area contributed by atoms with Gasteiger partial charge in [-0.3, -0.25) is 4.79 Å². The van der Waals surface area contributed by atoms with Crippen LogP contribution in [0.3, 0.4) is 0 Å². The highest BCUT2D eigenvalue weighted by molar-refractivity contribution is 9.10. The molecule has 1 amide bonds. The molecule has 104 valence electrons. The lowest BCUT2D eigenvalue weighted by Gasteiger charge is -2.15. The van der Waals surface area contributed by atoms with E-state index in [0.717, 1.165) is 11.3 Å². The van der Waals surface area contributed by atoms with Crippen LogP contribution in [0.2, 0.25) is 0 Å². The van der Waals surface area contributed by atoms with Crippen molar-refractivity contribution in [1.29, 1.82) is 0 Å². The lowest BCUT2D eigenvalue weighted by molar-refractivity contribution is 0.0938. The lowest BCUT2D eigenvalue weighted by atomic mass is 10.1. The maximum absolute atomic E-state index is 12.2. The summed E-state index contributed by atoms with van der Waals surface area (Å²) < 4.78 is 5.65. The fourth-order valence-corrected chi connectivity index (χ4v) is 2.24. The lowest BCUT2D eigenvalue weighted by Crippen LogP contribution is -2.27. The van der Waals surface area contributed by atoms with E-state index in [9.17, 15) is 4.79 Å². The molecule has 1 aromatic carbocycles. The largest absolute Gasteiger partial charge is 0.497 e. The SMILES string of the molecule is COc1ccc(C(C)NC(=O)c2cccnc2Br)cc1. The molecule has 1 atom stereocenters. The summed E-state index contributed by atoms with van der Waals surface area (Å²) in [4.78, 5) is 16.2. The van der Waals surface area contributed by atoms with E-state index >= 15 is 0 Å². The smallest absolute Gasteiger partial charge is 0.254 e. The van der Waals surface area contributed by atoms with Crippen molar-refractivity contribution in [2.24, 2.45) is 0 Å². The molecule has 5 heteroatoms. The van der Waals surface area contributed by atoms with Crippen LogP contribution in [0.4, 0.5) is 0 Å². The number of nitrogens with zero attached hydrogens (tertiary/aromatic N) is 1. The minimum Gasteiger partial charge on any atom is -0.497 e. The molecule has 2 rings (SSSR count). The van der Waals surface area contributed by atoms with Gasteiger partial charge in [-0.25, -0.2) is 4.98 Å². The first kappa shape index (κ1) is 14.5. The van der Waals surface area contributed by atoms with Gasteiger partial charge in [-0.1, -0.05) is 12.1 Å². The highest BCUT2D eigenvalue weighted by atomic mass is 79.9. The van der Waals surface area contributed by atoms with Crippen molar-refractivity contribution in [3.8, 4) is 5.75 Å². The predicted octanol–water partition coefficient (Wildman–Crippen LogP) is 3.34. The first-order valence-corrected chi connectivity index (χ1v) is 6.96. The monoisotopic (exact) mass is 334 g/mol. The van der Waals surface area contributed by atoms with E-state index < -0.39 is 0 Å². The molecule has 0 aliphatic heterocycles. The number of carbonyl (C=O) groups excluding carboxylic acids is 1. The first-order chi connectivity index (χ1) is 9.61. The van der Waals surface area contributed by atoms with Gasteiger partial charge >= 0.3 is 0 Å². The van der Waals surface area contributed by atoms with E-state index in [2.05, 4.69) is 26.2 Å². The zero-order valence-corrected chi connectivity index (χ0v) is 12.8. The Morgan fingerprint density at radius 3 is 2.60 bits per heavy atom. The Balaban J connectivity index is 2.09. The second-order valence-electron chi connectivity index (χ2n) is 4.31. The molecule has 0 radical (unpaired) electrons. The Kier molecular flexibility index (Phi) is 4.74. The van der Waals surface area contributed by atoms with Gasteiger partial charge in [-0.05, 0) is 52.7 Å². The van der Waals surface area contributed by atoms with Crippen LogP contribution in [0, 0.1) is 0 Å². The van der Waals surface area contributed by atoms with Crippen LogP contribution >= 0.6 is 15.9 Å². The van der Waals surface area contributed by atoms with Gasteiger partial charge in [0.1, 0.15) is 10.4 Å². The van der Waals surface area contributed by atoms with E-state index in [1.165, 1.54) is 0 Å². The van der Waals surface area contributed by atoms with Crippen LogP contribution in [0.1, 0.15) is 28.9 Å². The number of methoxy groups -OCH3 is 1. The molecule has 0 saturated carbocycles. The summed E-state index contributed by atoms with van der Waals surface area (Å²) in [6.07, 6.45) is 1.63. The molecule has 20 heavy (non-hydrogen) atoms. The average molecular weight is 335 g/mol. The molecule has 1 heterocycles. The molecule has 2 aromatic rings. The minimum absolute atomic E-state index is 0.0967. The Morgan fingerprint density at radius 1 is 1.30 bits per heavy atom. The van der Waals surface area contributed by atoms with Crippen LogP contribution in [0.25, 0.3) is 0 Å². The molecule has 0 fully saturated rings. The Morgan fingerprint density at radius 2 is 2.00 bits per heavy atom. The zero-order valence-electron chi connectivity index (χ0n) is 11.3. The number of ether oxygens (including phenoxy) is 1. The predicted molar refractivity (Wildman–Crippen MR) is 80.8 cm³/mol. The summed E-state index contributed by atoms with van der Waals surface area (Å²) in [5.74, 6) is 0.635. The molecule has 1 unspecified atom stereocenters. The number of pyridine rings is 1. The number of rotatable bonds is 4. The summed E-state index contributed by atoms with van der Waals surface area (Å²) >= 11 is 3.27. The third-order valence-corrected chi connectivity index (χ3v) is 3.60. The van der Waals surface area contributed by atoms with E-state index in [0.29, 0.717) is 10.2 Å². The normalized spacial score (nSPS) is 11.8. The molecule has 0 spiro atoms.